The molecule has 112 valence electrons. The standard InChI is InChI=1S/C16H22N4S/c17-16-19-11-15(21-16)10-18-14-6-8-20(9-7-14)12-13-4-2-1-3-5-13/h1-5,11,14,18H,6-10,12H2,(H2,17,19). The Kier molecular flexibility index (Phi) is 4.85. The molecule has 0 amide bonds. The zero-order valence-corrected chi connectivity index (χ0v) is 13.0. The Labute approximate surface area is 130 Å². The second kappa shape index (κ2) is 7.02. The van der Waals surface area contributed by atoms with Crippen LogP contribution in [0.25, 0.3) is 0 Å². The molecule has 1 aromatic carbocycles. The zero-order chi connectivity index (χ0) is 14.5. The summed E-state index contributed by atoms with van der Waals surface area (Å²) < 4.78 is 0. The van der Waals surface area contributed by atoms with Crippen LogP contribution in [-0.4, -0.2) is 29.0 Å². The number of nitrogen functional groups attached to an aromatic ring is 1. The highest BCUT2D eigenvalue weighted by Gasteiger charge is 2.18. The average Bonchev–Trinajstić information content (AvgIpc) is 2.93. The van der Waals surface area contributed by atoms with Crippen molar-refractivity contribution in [2.45, 2.75) is 32.0 Å². The highest BCUT2D eigenvalue weighted by molar-refractivity contribution is 7.15. The first kappa shape index (κ1) is 14.5. The third-order valence-electron chi connectivity index (χ3n) is 3.97. The number of hydrogen-bond acceptors (Lipinski definition) is 5. The van der Waals surface area contributed by atoms with Gasteiger partial charge in [0.05, 0.1) is 0 Å². The van der Waals surface area contributed by atoms with E-state index < -0.39 is 0 Å². The number of likely N-dealkylation sites (tertiary alicyclic amines) is 1. The number of piperidine rings is 1. The maximum Gasteiger partial charge on any atom is 0.180 e. The van der Waals surface area contributed by atoms with Gasteiger partial charge >= 0.3 is 0 Å². The highest BCUT2D eigenvalue weighted by atomic mass is 32.1. The fourth-order valence-electron chi connectivity index (χ4n) is 2.79. The lowest BCUT2D eigenvalue weighted by atomic mass is 10.0. The van der Waals surface area contributed by atoms with Crippen LogP contribution in [-0.2, 0) is 13.1 Å². The van der Waals surface area contributed by atoms with E-state index in [1.165, 1.54) is 23.3 Å². The zero-order valence-electron chi connectivity index (χ0n) is 12.2. The molecule has 3 N–H and O–H groups in total. The van der Waals surface area contributed by atoms with Gasteiger partial charge in [0, 0.05) is 30.2 Å². The van der Waals surface area contributed by atoms with Gasteiger partial charge < -0.3 is 11.1 Å². The number of thiazole rings is 1. The summed E-state index contributed by atoms with van der Waals surface area (Å²) >= 11 is 1.57. The molecule has 3 rings (SSSR count). The molecule has 21 heavy (non-hydrogen) atoms. The van der Waals surface area contributed by atoms with Crippen molar-refractivity contribution in [1.29, 1.82) is 0 Å². The minimum Gasteiger partial charge on any atom is -0.375 e. The molecule has 0 atom stereocenters. The van der Waals surface area contributed by atoms with Crippen LogP contribution in [0.1, 0.15) is 23.3 Å². The van der Waals surface area contributed by atoms with Gasteiger partial charge in [0.2, 0.25) is 0 Å². The minimum absolute atomic E-state index is 0.611. The average molecular weight is 302 g/mol. The van der Waals surface area contributed by atoms with Crippen molar-refractivity contribution in [2.75, 3.05) is 18.8 Å². The van der Waals surface area contributed by atoms with Gasteiger partial charge in [0.25, 0.3) is 0 Å². The van der Waals surface area contributed by atoms with Crippen molar-refractivity contribution in [1.82, 2.24) is 15.2 Å². The van der Waals surface area contributed by atoms with Crippen molar-refractivity contribution in [3.63, 3.8) is 0 Å². The molecule has 0 bridgehead atoms. The van der Waals surface area contributed by atoms with Crippen molar-refractivity contribution >= 4 is 16.5 Å². The number of nitrogens with zero attached hydrogens (tertiary/aromatic N) is 2. The van der Waals surface area contributed by atoms with E-state index in [1.54, 1.807) is 11.3 Å². The fraction of sp³-hybridized carbons (Fsp3) is 0.438. The lowest BCUT2D eigenvalue weighted by Crippen LogP contribution is -2.41. The Morgan fingerprint density at radius 1 is 1.24 bits per heavy atom. The summed E-state index contributed by atoms with van der Waals surface area (Å²) in [5.74, 6) is 0. The van der Waals surface area contributed by atoms with Crippen LogP contribution in [0.15, 0.2) is 36.5 Å². The number of rotatable bonds is 5. The molecular formula is C16H22N4S. The molecule has 1 fully saturated rings. The van der Waals surface area contributed by atoms with Crippen molar-refractivity contribution in [2.24, 2.45) is 0 Å². The molecule has 4 nitrogen and oxygen atoms in total. The van der Waals surface area contributed by atoms with Crippen LogP contribution < -0.4 is 11.1 Å². The maximum absolute atomic E-state index is 5.65. The first-order chi connectivity index (χ1) is 10.3. The fourth-order valence-corrected chi connectivity index (χ4v) is 3.42. The van der Waals surface area contributed by atoms with Crippen LogP contribution in [0.4, 0.5) is 5.13 Å². The van der Waals surface area contributed by atoms with Gasteiger partial charge in [-0.15, -0.1) is 11.3 Å². The van der Waals surface area contributed by atoms with E-state index in [4.69, 9.17) is 5.73 Å². The largest absolute Gasteiger partial charge is 0.375 e. The molecule has 1 aliphatic rings. The Balaban J connectivity index is 1.40. The summed E-state index contributed by atoms with van der Waals surface area (Å²) in [6.45, 7) is 4.28. The molecule has 0 saturated carbocycles. The predicted octanol–water partition coefficient (Wildman–Crippen LogP) is 2.48. The maximum atomic E-state index is 5.65. The quantitative estimate of drug-likeness (QED) is 0.891. The molecule has 0 spiro atoms. The lowest BCUT2D eigenvalue weighted by Gasteiger charge is -2.32. The third kappa shape index (κ3) is 4.27. The van der Waals surface area contributed by atoms with Gasteiger partial charge in [-0.05, 0) is 31.5 Å². The molecule has 0 unspecified atom stereocenters. The predicted molar refractivity (Wildman–Crippen MR) is 88.1 cm³/mol. The normalized spacial score (nSPS) is 17.1. The van der Waals surface area contributed by atoms with E-state index >= 15 is 0 Å². The van der Waals surface area contributed by atoms with Crippen LogP contribution in [0.5, 0.6) is 0 Å². The van der Waals surface area contributed by atoms with Gasteiger partial charge in [0.15, 0.2) is 5.13 Å². The summed E-state index contributed by atoms with van der Waals surface area (Å²) in [5, 5.41) is 4.28. The topological polar surface area (TPSA) is 54.2 Å². The SMILES string of the molecule is Nc1ncc(CNC2CCN(Cc3ccccc3)CC2)s1. The summed E-state index contributed by atoms with van der Waals surface area (Å²) in [5.41, 5.74) is 7.06. The molecule has 0 radical (unpaired) electrons. The van der Waals surface area contributed by atoms with Crippen molar-refractivity contribution in [3.8, 4) is 0 Å². The van der Waals surface area contributed by atoms with Gasteiger partial charge in [-0.2, -0.15) is 0 Å². The van der Waals surface area contributed by atoms with E-state index in [9.17, 15) is 0 Å². The molecule has 2 aromatic rings. The minimum atomic E-state index is 0.611. The number of aromatic nitrogens is 1. The summed E-state index contributed by atoms with van der Waals surface area (Å²) in [7, 11) is 0. The molecular weight excluding hydrogens is 280 g/mol. The van der Waals surface area contributed by atoms with Gasteiger partial charge in [-0.3, -0.25) is 4.90 Å². The lowest BCUT2D eigenvalue weighted by molar-refractivity contribution is 0.190. The van der Waals surface area contributed by atoms with Crippen molar-refractivity contribution < 1.29 is 0 Å². The Morgan fingerprint density at radius 3 is 2.67 bits per heavy atom. The van der Waals surface area contributed by atoms with E-state index in [1.807, 2.05) is 6.20 Å². The van der Waals surface area contributed by atoms with Crippen LogP contribution in [0.2, 0.25) is 0 Å². The second-order valence-electron chi connectivity index (χ2n) is 5.58. The van der Waals surface area contributed by atoms with Crippen LogP contribution in [0.3, 0.4) is 0 Å². The number of hydrogen-bond donors (Lipinski definition) is 2. The highest BCUT2D eigenvalue weighted by Crippen LogP contribution is 2.17. The smallest absolute Gasteiger partial charge is 0.180 e. The first-order valence-corrected chi connectivity index (χ1v) is 8.31. The number of nitrogens with one attached hydrogen (secondary N) is 1. The summed E-state index contributed by atoms with van der Waals surface area (Å²) in [6.07, 6.45) is 4.29. The second-order valence-corrected chi connectivity index (χ2v) is 6.73. The molecule has 2 heterocycles. The summed E-state index contributed by atoms with van der Waals surface area (Å²) in [6, 6.07) is 11.3. The van der Waals surface area contributed by atoms with Gasteiger partial charge in [0.1, 0.15) is 0 Å². The first-order valence-electron chi connectivity index (χ1n) is 7.49. The molecule has 1 aliphatic heterocycles. The Bertz CT molecular complexity index is 546. The van der Waals surface area contributed by atoms with Gasteiger partial charge in [-0.1, -0.05) is 30.3 Å². The molecule has 1 saturated heterocycles. The van der Waals surface area contributed by atoms with E-state index in [2.05, 4.69) is 45.5 Å². The summed E-state index contributed by atoms with van der Waals surface area (Å²) in [4.78, 5) is 7.85. The number of benzene rings is 1. The Hall–Kier alpha value is -1.43. The molecule has 0 aliphatic carbocycles. The number of anilines is 1. The van der Waals surface area contributed by atoms with Crippen LogP contribution in [0, 0.1) is 0 Å². The van der Waals surface area contributed by atoms with E-state index in [0.717, 1.165) is 26.2 Å². The number of nitrogens with two attached hydrogens (primary N) is 1. The van der Waals surface area contributed by atoms with Crippen LogP contribution >= 0.6 is 11.3 Å². The monoisotopic (exact) mass is 302 g/mol. The Morgan fingerprint density at radius 2 is 2.00 bits per heavy atom. The third-order valence-corrected chi connectivity index (χ3v) is 4.80. The van der Waals surface area contributed by atoms with Gasteiger partial charge in [-0.25, -0.2) is 4.98 Å². The van der Waals surface area contributed by atoms with E-state index in [0.29, 0.717) is 11.2 Å². The van der Waals surface area contributed by atoms with E-state index in [-0.39, 0.29) is 0 Å². The molecule has 5 heteroatoms. The van der Waals surface area contributed by atoms with Crippen molar-refractivity contribution in [3.05, 3.63) is 47.0 Å². The molecule has 1 aromatic heterocycles.